The van der Waals surface area contributed by atoms with Gasteiger partial charge < -0.3 is 25.4 Å². The first-order valence-corrected chi connectivity index (χ1v) is 9.70. The van der Waals surface area contributed by atoms with Crippen molar-refractivity contribution >= 4 is 44.9 Å². The maximum Gasteiger partial charge on any atom is 0.255 e. The Morgan fingerprint density at radius 3 is 2.43 bits per heavy atom. The third-order valence-electron chi connectivity index (χ3n) is 4.36. The van der Waals surface area contributed by atoms with Gasteiger partial charge in [0.25, 0.3) is 5.91 Å². The van der Waals surface area contributed by atoms with Gasteiger partial charge in [0.1, 0.15) is 0 Å². The maximum absolute atomic E-state index is 13.1. The summed E-state index contributed by atoms with van der Waals surface area (Å²) >= 11 is 8.70. The van der Waals surface area contributed by atoms with Crippen LogP contribution in [-0.2, 0) is 4.79 Å². The molecular weight excluding hydrogens is 442 g/mol. The summed E-state index contributed by atoms with van der Waals surface area (Å²) < 4.78 is 11.6. The van der Waals surface area contributed by atoms with E-state index in [1.807, 2.05) is 43.3 Å². The quantitative estimate of drug-likeness (QED) is 0.586. The van der Waals surface area contributed by atoms with Gasteiger partial charge in [0.15, 0.2) is 16.6 Å². The van der Waals surface area contributed by atoms with Crippen LogP contribution in [0.1, 0.15) is 18.5 Å². The van der Waals surface area contributed by atoms with Crippen molar-refractivity contribution in [2.75, 3.05) is 19.5 Å². The smallest absolute Gasteiger partial charge is 0.255 e. The second-order valence-corrected chi connectivity index (χ2v) is 7.47. The van der Waals surface area contributed by atoms with E-state index in [0.29, 0.717) is 33.6 Å². The van der Waals surface area contributed by atoms with E-state index in [-0.39, 0.29) is 5.91 Å². The second-order valence-electron chi connectivity index (χ2n) is 6.15. The molecule has 0 saturated carbocycles. The number of rotatable bonds is 5. The number of carbonyl (C=O) groups is 1. The molecule has 1 aliphatic heterocycles. The van der Waals surface area contributed by atoms with Gasteiger partial charge in [-0.15, -0.1) is 0 Å². The van der Waals surface area contributed by atoms with Crippen LogP contribution in [0.2, 0.25) is 0 Å². The van der Waals surface area contributed by atoms with Crippen molar-refractivity contribution in [3.05, 3.63) is 63.8 Å². The fourth-order valence-corrected chi connectivity index (χ4v) is 3.54. The van der Waals surface area contributed by atoms with Gasteiger partial charge in [-0.3, -0.25) is 4.79 Å². The molecule has 8 heteroatoms. The van der Waals surface area contributed by atoms with Crippen molar-refractivity contribution in [2.45, 2.75) is 13.0 Å². The number of hydrogen-bond donors (Lipinski definition) is 3. The van der Waals surface area contributed by atoms with Crippen molar-refractivity contribution in [1.82, 2.24) is 10.6 Å². The Morgan fingerprint density at radius 2 is 1.79 bits per heavy atom. The van der Waals surface area contributed by atoms with Gasteiger partial charge in [-0.25, -0.2) is 0 Å². The van der Waals surface area contributed by atoms with Crippen LogP contribution in [0.15, 0.2) is 58.2 Å². The summed E-state index contributed by atoms with van der Waals surface area (Å²) in [4.78, 5) is 13.1. The highest BCUT2D eigenvalue weighted by Crippen LogP contribution is 2.34. The molecule has 0 saturated heterocycles. The topological polar surface area (TPSA) is 71.6 Å². The zero-order chi connectivity index (χ0) is 20.3. The second kappa shape index (κ2) is 8.62. The SMILES string of the molecule is COc1ccc(C2NC(=S)NC(C)=C2C(=O)Nc2ccc(Br)cc2)cc1OC. The summed E-state index contributed by atoms with van der Waals surface area (Å²) in [7, 11) is 3.15. The molecule has 6 nitrogen and oxygen atoms in total. The maximum atomic E-state index is 13.1. The largest absolute Gasteiger partial charge is 0.493 e. The summed E-state index contributed by atoms with van der Waals surface area (Å²) in [6.45, 7) is 1.83. The molecule has 1 aliphatic rings. The Labute approximate surface area is 177 Å². The highest BCUT2D eigenvalue weighted by Gasteiger charge is 2.30. The van der Waals surface area contributed by atoms with Crippen molar-refractivity contribution in [3.8, 4) is 11.5 Å². The fourth-order valence-electron chi connectivity index (χ4n) is 3.01. The number of ether oxygens (including phenoxy) is 2. The van der Waals surface area contributed by atoms with Crippen LogP contribution in [-0.4, -0.2) is 25.2 Å². The molecule has 1 atom stereocenters. The Bertz CT molecular complexity index is 944. The number of allylic oxidation sites excluding steroid dienone is 1. The van der Waals surface area contributed by atoms with Crippen LogP contribution < -0.4 is 25.4 Å². The normalized spacial score (nSPS) is 16.1. The van der Waals surface area contributed by atoms with E-state index in [2.05, 4.69) is 31.9 Å². The van der Waals surface area contributed by atoms with E-state index in [9.17, 15) is 4.79 Å². The van der Waals surface area contributed by atoms with Crippen molar-refractivity contribution in [3.63, 3.8) is 0 Å². The molecular formula is C20H20BrN3O3S. The van der Waals surface area contributed by atoms with E-state index in [4.69, 9.17) is 21.7 Å². The minimum Gasteiger partial charge on any atom is -0.493 e. The van der Waals surface area contributed by atoms with E-state index in [1.165, 1.54) is 0 Å². The summed E-state index contributed by atoms with van der Waals surface area (Å²) in [6.07, 6.45) is 0. The number of carbonyl (C=O) groups excluding carboxylic acids is 1. The van der Waals surface area contributed by atoms with E-state index in [0.717, 1.165) is 10.0 Å². The van der Waals surface area contributed by atoms with Crippen LogP contribution in [0.25, 0.3) is 0 Å². The lowest BCUT2D eigenvalue weighted by Crippen LogP contribution is -2.45. The molecule has 28 heavy (non-hydrogen) atoms. The molecule has 1 amide bonds. The van der Waals surface area contributed by atoms with Gasteiger partial charge in [-0.2, -0.15) is 0 Å². The van der Waals surface area contributed by atoms with Gasteiger partial charge in [0.05, 0.1) is 25.8 Å². The first-order valence-electron chi connectivity index (χ1n) is 8.50. The van der Waals surface area contributed by atoms with Crippen molar-refractivity contribution in [1.29, 1.82) is 0 Å². The van der Waals surface area contributed by atoms with Gasteiger partial charge in [-0.1, -0.05) is 22.0 Å². The number of hydrogen-bond acceptors (Lipinski definition) is 4. The number of thiocarbonyl (C=S) groups is 1. The van der Waals surface area contributed by atoms with Gasteiger partial charge >= 0.3 is 0 Å². The Hall–Kier alpha value is -2.58. The average molecular weight is 462 g/mol. The Morgan fingerprint density at radius 1 is 1.11 bits per heavy atom. The first-order chi connectivity index (χ1) is 13.4. The summed E-state index contributed by atoms with van der Waals surface area (Å²) in [6, 6.07) is 12.5. The molecule has 3 N–H and O–H groups in total. The van der Waals surface area contributed by atoms with Gasteiger partial charge in [0.2, 0.25) is 0 Å². The standard InChI is InChI=1S/C20H20BrN3O3S/c1-11-17(19(25)23-14-7-5-13(21)6-8-14)18(24-20(28)22-11)12-4-9-15(26-2)16(10-12)27-3/h4-10,18H,1-3H3,(H,23,25)(H2,22,24,28). The van der Waals surface area contributed by atoms with Gasteiger partial charge in [0, 0.05) is 15.9 Å². The molecule has 0 aliphatic carbocycles. The lowest BCUT2D eigenvalue weighted by molar-refractivity contribution is -0.113. The zero-order valence-corrected chi connectivity index (χ0v) is 18.0. The molecule has 0 aromatic heterocycles. The fraction of sp³-hybridized carbons (Fsp3) is 0.200. The monoisotopic (exact) mass is 461 g/mol. The van der Waals surface area contributed by atoms with E-state index in [1.54, 1.807) is 20.3 Å². The number of benzene rings is 2. The van der Waals surface area contributed by atoms with Crippen LogP contribution in [0.4, 0.5) is 5.69 Å². The third kappa shape index (κ3) is 4.28. The molecule has 0 spiro atoms. The lowest BCUT2D eigenvalue weighted by atomic mass is 9.94. The predicted octanol–water partition coefficient (Wildman–Crippen LogP) is 3.90. The molecule has 2 aromatic carbocycles. The van der Waals surface area contributed by atoms with Gasteiger partial charge in [-0.05, 0) is 61.1 Å². The minimum absolute atomic E-state index is 0.220. The summed E-state index contributed by atoms with van der Waals surface area (Å²) in [5.74, 6) is 0.975. The number of anilines is 1. The number of amides is 1. The summed E-state index contributed by atoms with van der Waals surface area (Å²) in [5, 5.41) is 9.60. The van der Waals surface area contributed by atoms with Crippen molar-refractivity contribution < 1.29 is 14.3 Å². The average Bonchev–Trinajstić information content (AvgIpc) is 2.68. The Kier molecular flexibility index (Phi) is 6.21. The molecule has 1 unspecified atom stereocenters. The van der Waals surface area contributed by atoms with E-state index >= 15 is 0 Å². The number of methoxy groups -OCH3 is 2. The Balaban J connectivity index is 1.96. The molecule has 3 rings (SSSR count). The molecule has 0 fully saturated rings. The predicted molar refractivity (Wildman–Crippen MR) is 117 cm³/mol. The number of nitrogens with one attached hydrogen (secondary N) is 3. The molecule has 146 valence electrons. The zero-order valence-electron chi connectivity index (χ0n) is 15.6. The molecule has 0 radical (unpaired) electrons. The van der Waals surface area contributed by atoms with Crippen LogP contribution in [0, 0.1) is 0 Å². The van der Waals surface area contributed by atoms with Crippen LogP contribution in [0.5, 0.6) is 11.5 Å². The van der Waals surface area contributed by atoms with Crippen molar-refractivity contribution in [2.24, 2.45) is 0 Å². The lowest BCUT2D eigenvalue weighted by Gasteiger charge is -2.30. The van der Waals surface area contributed by atoms with E-state index < -0.39 is 6.04 Å². The number of halogens is 1. The highest BCUT2D eigenvalue weighted by molar-refractivity contribution is 9.10. The first kappa shape index (κ1) is 20.2. The molecule has 2 aromatic rings. The third-order valence-corrected chi connectivity index (χ3v) is 5.11. The molecule has 1 heterocycles. The minimum atomic E-state index is -0.427. The molecule has 0 bridgehead atoms. The summed E-state index contributed by atoms with van der Waals surface area (Å²) in [5.41, 5.74) is 2.77. The highest BCUT2D eigenvalue weighted by atomic mass is 79.9. The van der Waals surface area contributed by atoms with Crippen LogP contribution >= 0.6 is 28.1 Å². The van der Waals surface area contributed by atoms with Crippen LogP contribution in [0.3, 0.4) is 0 Å².